The second-order valence-electron chi connectivity index (χ2n) is 6.02. The van der Waals surface area contributed by atoms with Crippen LogP contribution in [0.3, 0.4) is 0 Å². The molecule has 26 heavy (non-hydrogen) atoms. The minimum atomic E-state index is -3.57. The first-order valence-corrected chi connectivity index (χ1v) is 11.1. The number of nitrogens with one attached hydrogen (secondary N) is 1. The monoisotopic (exact) mass is 413 g/mol. The number of sulfonamides is 1. The van der Waals surface area contributed by atoms with E-state index in [0.29, 0.717) is 24.7 Å². The Bertz CT molecular complexity index is 892. The van der Waals surface area contributed by atoms with Gasteiger partial charge in [0.25, 0.3) is 5.91 Å². The molecule has 1 aromatic carbocycles. The van der Waals surface area contributed by atoms with Crippen molar-refractivity contribution in [2.24, 2.45) is 0 Å². The van der Waals surface area contributed by atoms with E-state index in [9.17, 15) is 13.2 Å². The van der Waals surface area contributed by atoms with Crippen molar-refractivity contribution in [3.63, 3.8) is 0 Å². The van der Waals surface area contributed by atoms with Crippen LogP contribution in [0.4, 0.5) is 0 Å². The maximum absolute atomic E-state index is 12.7. The maximum Gasteiger partial charge on any atom is 0.270 e. The minimum absolute atomic E-state index is 0.124. The number of H-pyrrole nitrogens is 1. The average molecular weight is 414 g/mol. The van der Waals surface area contributed by atoms with Crippen LogP contribution in [0.15, 0.2) is 41.4 Å². The van der Waals surface area contributed by atoms with Crippen LogP contribution in [0, 0.1) is 0 Å². The van der Waals surface area contributed by atoms with Gasteiger partial charge in [0.05, 0.1) is 0 Å². The fourth-order valence-electron chi connectivity index (χ4n) is 2.74. The van der Waals surface area contributed by atoms with E-state index >= 15 is 0 Å². The summed E-state index contributed by atoms with van der Waals surface area (Å²) in [5, 5.41) is 0.588. The SMILES string of the molecule is CN(Cc1ccccc1Cl)C(=O)c1cc(S(=O)(=O)N2CCSCC2)c[nH]1. The van der Waals surface area contributed by atoms with Gasteiger partial charge in [0.1, 0.15) is 10.6 Å². The third-order valence-corrected chi connectivity index (χ3v) is 7.39. The van der Waals surface area contributed by atoms with Crippen molar-refractivity contribution < 1.29 is 13.2 Å². The van der Waals surface area contributed by atoms with Crippen molar-refractivity contribution in [1.29, 1.82) is 0 Å². The van der Waals surface area contributed by atoms with E-state index < -0.39 is 10.0 Å². The molecule has 0 spiro atoms. The largest absolute Gasteiger partial charge is 0.356 e. The number of hydrogen-bond acceptors (Lipinski definition) is 4. The normalized spacial score (nSPS) is 15.8. The predicted octanol–water partition coefficient (Wildman–Crippen LogP) is 2.68. The number of carbonyl (C=O) groups excluding carboxylic acids is 1. The molecule has 1 fully saturated rings. The number of amides is 1. The van der Waals surface area contributed by atoms with Gasteiger partial charge >= 0.3 is 0 Å². The molecular weight excluding hydrogens is 394 g/mol. The van der Waals surface area contributed by atoms with Crippen LogP contribution in [-0.2, 0) is 16.6 Å². The molecule has 140 valence electrons. The van der Waals surface area contributed by atoms with Crippen molar-refractivity contribution in [3.8, 4) is 0 Å². The van der Waals surface area contributed by atoms with E-state index in [1.165, 1.54) is 21.5 Å². The highest BCUT2D eigenvalue weighted by atomic mass is 35.5. The highest BCUT2D eigenvalue weighted by Gasteiger charge is 2.28. The van der Waals surface area contributed by atoms with Crippen LogP contribution in [-0.4, -0.2) is 60.2 Å². The molecule has 0 atom stereocenters. The zero-order valence-electron chi connectivity index (χ0n) is 14.3. The highest BCUT2D eigenvalue weighted by molar-refractivity contribution is 7.99. The fraction of sp³-hybridized carbons (Fsp3) is 0.353. The maximum atomic E-state index is 12.7. The summed E-state index contributed by atoms with van der Waals surface area (Å²) in [5.74, 6) is 1.28. The molecule has 0 unspecified atom stereocenters. The Morgan fingerprint density at radius 2 is 2.00 bits per heavy atom. The highest BCUT2D eigenvalue weighted by Crippen LogP contribution is 2.22. The number of aromatic amines is 1. The van der Waals surface area contributed by atoms with Crippen LogP contribution in [0.25, 0.3) is 0 Å². The van der Waals surface area contributed by atoms with Crippen LogP contribution < -0.4 is 0 Å². The molecule has 0 radical (unpaired) electrons. The van der Waals surface area contributed by atoms with E-state index in [1.807, 2.05) is 18.2 Å². The average Bonchev–Trinajstić information content (AvgIpc) is 3.14. The van der Waals surface area contributed by atoms with Crippen molar-refractivity contribution in [3.05, 3.63) is 52.8 Å². The smallest absolute Gasteiger partial charge is 0.270 e. The standard InChI is InChI=1S/C17H20ClN3O3S2/c1-20(12-13-4-2-3-5-15(13)18)17(22)16-10-14(11-19-16)26(23,24)21-6-8-25-9-7-21/h2-5,10-11,19H,6-9,12H2,1H3. The molecule has 2 aromatic rings. The number of aromatic nitrogens is 1. The summed E-state index contributed by atoms with van der Waals surface area (Å²) in [5.41, 5.74) is 1.07. The van der Waals surface area contributed by atoms with Gasteiger partial charge in [0.15, 0.2) is 0 Å². The second kappa shape index (κ2) is 8.04. The Kier molecular flexibility index (Phi) is 5.96. The predicted molar refractivity (Wildman–Crippen MR) is 104 cm³/mol. The van der Waals surface area contributed by atoms with Gasteiger partial charge in [-0.05, 0) is 17.7 Å². The van der Waals surface area contributed by atoms with Crippen LogP contribution in [0.5, 0.6) is 0 Å². The summed E-state index contributed by atoms with van der Waals surface area (Å²) in [6.07, 6.45) is 1.38. The number of hydrogen-bond donors (Lipinski definition) is 1. The molecule has 1 aliphatic rings. The lowest BCUT2D eigenvalue weighted by molar-refractivity contribution is 0.0780. The van der Waals surface area contributed by atoms with Gasteiger partial charge in [-0.2, -0.15) is 16.1 Å². The van der Waals surface area contributed by atoms with E-state index in [2.05, 4.69) is 4.98 Å². The lowest BCUT2D eigenvalue weighted by Gasteiger charge is -2.24. The third-order valence-electron chi connectivity index (χ3n) is 4.21. The van der Waals surface area contributed by atoms with Crippen LogP contribution >= 0.6 is 23.4 Å². The van der Waals surface area contributed by atoms with E-state index in [4.69, 9.17) is 11.6 Å². The minimum Gasteiger partial charge on any atom is -0.356 e. The molecule has 1 aliphatic heterocycles. The molecule has 1 N–H and O–H groups in total. The Morgan fingerprint density at radius 1 is 1.31 bits per heavy atom. The lowest BCUT2D eigenvalue weighted by Crippen LogP contribution is -2.37. The Labute approximate surface area is 162 Å². The first-order chi connectivity index (χ1) is 12.4. The Hall–Kier alpha value is -1.48. The number of benzene rings is 1. The molecule has 3 rings (SSSR count). The molecule has 1 amide bonds. The fourth-order valence-corrected chi connectivity index (χ4v) is 5.51. The van der Waals surface area contributed by atoms with E-state index in [1.54, 1.807) is 24.9 Å². The van der Waals surface area contributed by atoms with Crippen molar-refractivity contribution in [1.82, 2.24) is 14.2 Å². The Morgan fingerprint density at radius 3 is 2.69 bits per heavy atom. The van der Waals surface area contributed by atoms with Crippen molar-refractivity contribution >= 4 is 39.3 Å². The summed E-state index contributed by atoms with van der Waals surface area (Å²) in [6.45, 7) is 1.32. The van der Waals surface area contributed by atoms with Gasteiger partial charge in [-0.15, -0.1) is 0 Å². The molecule has 2 heterocycles. The molecule has 0 saturated carbocycles. The van der Waals surface area contributed by atoms with E-state index in [0.717, 1.165) is 17.1 Å². The van der Waals surface area contributed by atoms with E-state index in [-0.39, 0.29) is 16.5 Å². The second-order valence-corrected chi connectivity index (χ2v) is 9.59. The van der Waals surface area contributed by atoms with Gasteiger partial charge in [-0.1, -0.05) is 29.8 Å². The number of rotatable bonds is 5. The van der Waals surface area contributed by atoms with Crippen molar-refractivity contribution in [2.75, 3.05) is 31.6 Å². The molecule has 6 nitrogen and oxygen atoms in total. The van der Waals surface area contributed by atoms with Gasteiger partial charge in [-0.25, -0.2) is 8.42 Å². The number of halogens is 1. The number of thioether (sulfide) groups is 1. The lowest BCUT2D eigenvalue weighted by atomic mass is 10.2. The van der Waals surface area contributed by atoms with Gasteiger partial charge in [-0.3, -0.25) is 4.79 Å². The van der Waals surface area contributed by atoms with Crippen molar-refractivity contribution in [2.45, 2.75) is 11.4 Å². The van der Waals surface area contributed by atoms with Gasteiger partial charge in [0.2, 0.25) is 10.0 Å². The van der Waals surface area contributed by atoms with Gasteiger partial charge < -0.3 is 9.88 Å². The number of carbonyl (C=O) groups is 1. The Balaban J connectivity index is 1.74. The molecule has 0 bridgehead atoms. The molecule has 9 heteroatoms. The molecule has 1 saturated heterocycles. The first-order valence-electron chi connectivity index (χ1n) is 8.15. The number of nitrogens with zero attached hydrogens (tertiary/aromatic N) is 2. The zero-order chi connectivity index (χ0) is 18.7. The quantitative estimate of drug-likeness (QED) is 0.817. The topological polar surface area (TPSA) is 73.5 Å². The summed E-state index contributed by atoms with van der Waals surface area (Å²) in [6, 6.07) is 8.71. The van der Waals surface area contributed by atoms with Crippen LogP contribution in [0.1, 0.15) is 16.1 Å². The summed E-state index contributed by atoms with van der Waals surface area (Å²) >= 11 is 7.88. The third kappa shape index (κ3) is 4.09. The molecular formula is C17H20ClN3O3S2. The summed E-state index contributed by atoms with van der Waals surface area (Å²) in [7, 11) is -1.91. The van der Waals surface area contributed by atoms with Crippen LogP contribution in [0.2, 0.25) is 5.02 Å². The molecule has 0 aliphatic carbocycles. The first kappa shape index (κ1) is 19.3. The zero-order valence-corrected chi connectivity index (χ0v) is 16.7. The molecule has 1 aromatic heterocycles. The van der Waals surface area contributed by atoms with Gasteiger partial charge in [0, 0.05) is 49.4 Å². The summed E-state index contributed by atoms with van der Waals surface area (Å²) in [4.78, 5) is 17.0. The summed E-state index contributed by atoms with van der Waals surface area (Å²) < 4.78 is 26.8.